The van der Waals surface area contributed by atoms with Gasteiger partial charge in [0.1, 0.15) is 5.75 Å². The molecule has 0 aromatic heterocycles. The molecular weight excluding hydrogens is 240 g/mol. The Morgan fingerprint density at radius 1 is 1.37 bits per heavy atom. The van der Waals surface area contributed by atoms with Crippen molar-refractivity contribution in [1.82, 2.24) is 0 Å². The van der Waals surface area contributed by atoms with Crippen LogP contribution in [0.2, 0.25) is 0 Å². The standard InChI is InChI=1S/C16H22O3/c1-11-9-14(19-5)13(16(2,3)4)10-12(11)7-6-8-15(17)18/h6-7,9-10H,8H2,1-5H3,(H,17,18)/b7-6+. The van der Waals surface area contributed by atoms with Gasteiger partial charge in [-0.05, 0) is 35.6 Å². The van der Waals surface area contributed by atoms with Gasteiger partial charge in [-0.2, -0.15) is 0 Å². The first-order valence-corrected chi connectivity index (χ1v) is 6.33. The molecule has 0 fully saturated rings. The van der Waals surface area contributed by atoms with E-state index < -0.39 is 5.97 Å². The molecule has 1 N–H and O–H groups in total. The summed E-state index contributed by atoms with van der Waals surface area (Å²) in [6.07, 6.45) is 3.57. The van der Waals surface area contributed by atoms with Crippen LogP contribution in [0.3, 0.4) is 0 Å². The van der Waals surface area contributed by atoms with Gasteiger partial charge in [0, 0.05) is 5.56 Å². The van der Waals surface area contributed by atoms with Crippen molar-refractivity contribution in [2.24, 2.45) is 0 Å². The van der Waals surface area contributed by atoms with Gasteiger partial charge in [-0.15, -0.1) is 0 Å². The molecule has 0 aliphatic rings. The quantitative estimate of drug-likeness (QED) is 0.898. The van der Waals surface area contributed by atoms with E-state index in [2.05, 4.69) is 26.8 Å². The summed E-state index contributed by atoms with van der Waals surface area (Å²) < 4.78 is 5.43. The number of benzene rings is 1. The minimum absolute atomic E-state index is 0.0194. The molecule has 0 heterocycles. The van der Waals surface area contributed by atoms with Crippen molar-refractivity contribution in [1.29, 1.82) is 0 Å². The third-order valence-corrected chi connectivity index (χ3v) is 2.99. The van der Waals surface area contributed by atoms with Crippen molar-refractivity contribution in [3.63, 3.8) is 0 Å². The van der Waals surface area contributed by atoms with Crippen molar-refractivity contribution in [2.75, 3.05) is 7.11 Å². The fraction of sp³-hybridized carbons (Fsp3) is 0.438. The smallest absolute Gasteiger partial charge is 0.307 e. The summed E-state index contributed by atoms with van der Waals surface area (Å²) in [7, 11) is 1.67. The van der Waals surface area contributed by atoms with Crippen LogP contribution in [0.25, 0.3) is 6.08 Å². The predicted octanol–water partition coefficient (Wildman–Crippen LogP) is 3.79. The van der Waals surface area contributed by atoms with Crippen LogP contribution in [0.1, 0.15) is 43.9 Å². The molecule has 1 aromatic carbocycles. The second-order valence-electron chi connectivity index (χ2n) is 5.66. The Morgan fingerprint density at radius 3 is 2.47 bits per heavy atom. The lowest BCUT2D eigenvalue weighted by Crippen LogP contribution is -2.13. The Morgan fingerprint density at radius 2 is 2.00 bits per heavy atom. The number of methoxy groups -OCH3 is 1. The fourth-order valence-corrected chi connectivity index (χ4v) is 1.92. The number of aryl methyl sites for hydroxylation is 1. The van der Waals surface area contributed by atoms with Crippen LogP contribution in [0, 0.1) is 6.92 Å². The van der Waals surface area contributed by atoms with Crippen LogP contribution in [-0.2, 0) is 10.2 Å². The molecule has 1 rings (SSSR count). The van der Waals surface area contributed by atoms with Gasteiger partial charge in [0.2, 0.25) is 0 Å². The summed E-state index contributed by atoms with van der Waals surface area (Å²) in [5, 5.41) is 8.66. The average molecular weight is 262 g/mol. The van der Waals surface area contributed by atoms with Gasteiger partial charge < -0.3 is 9.84 Å². The van der Waals surface area contributed by atoms with E-state index in [9.17, 15) is 4.79 Å². The van der Waals surface area contributed by atoms with Crippen molar-refractivity contribution < 1.29 is 14.6 Å². The molecule has 1 aromatic rings. The predicted molar refractivity (Wildman–Crippen MR) is 77.7 cm³/mol. The molecule has 0 saturated heterocycles. The molecule has 3 heteroatoms. The Labute approximate surface area is 114 Å². The average Bonchev–Trinajstić information content (AvgIpc) is 2.28. The molecule has 104 valence electrons. The van der Waals surface area contributed by atoms with E-state index in [4.69, 9.17) is 9.84 Å². The highest BCUT2D eigenvalue weighted by Crippen LogP contribution is 2.34. The van der Waals surface area contributed by atoms with E-state index in [0.29, 0.717) is 0 Å². The molecule has 0 spiro atoms. The number of carboxylic acids is 1. The van der Waals surface area contributed by atoms with Crippen molar-refractivity contribution in [3.05, 3.63) is 34.9 Å². The number of aliphatic carboxylic acids is 1. The first-order valence-electron chi connectivity index (χ1n) is 6.33. The Bertz CT molecular complexity index is 493. The third-order valence-electron chi connectivity index (χ3n) is 2.99. The van der Waals surface area contributed by atoms with Crippen LogP contribution in [0.5, 0.6) is 5.75 Å². The molecule has 0 unspecified atom stereocenters. The summed E-state index contributed by atoms with van der Waals surface area (Å²) in [5.41, 5.74) is 3.21. The van der Waals surface area contributed by atoms with Crippen LogP contribution in [0.4, 0.5) is 0 Å². The number of rotatable bonds is 4. The van der Waals surface area contributed by atoms with E-state index in [1.54, 1.807) is 13.2 Å². The molecule has 0 bridgehead atoms. The third kappa shape index (κ3) is 4.12. The minimum Gasteiger partial charge on any atom is -0.496 e. The number of ether oxygens (including phenoxy) is 1. The monoisotopic (exact) mass is 262 g/mol. The topological polar surface area (TPSA) is 46.5 Å². The zero-order valence-electron chi connectivity index (χ0n) is 12.3. The van der Waals surface area contributed by atoms with E-state index in [1.165, 1.54) is 0 Å². The van der Waals surface area contributed by atoms with E-state index in [-0.39, 0.29) is 11.8 Å². The summed E-state index contributed by atoms with van der Waals surface area (Å²) in [4.78, 5) is 10.5. The van der Waals surface area contributed by atoms with Crippen LogP contribution in [0.15, 0.2) is 18.2 Å². The zero-order chi connectivity index (χ0) is 14.6. The number of hydrogen-bond donors (Lipinski definition) is 1. The maximum Gasteiger partial charge on any atom is 0.307 e. The van der Waals surface area contributed by atoms with Crippen LogP contribution < -0.4 is 4.74 Å². The Hall–Kier alpha value is -1.77. The van der Waals surface area contributed by atoms with Gasteiger partial charge in [-0.3, -0.25) is 4.79 Å². The lowest BCUT2D eigenvalue weighted by atomic mass is 9.84. The molecule has 0 atom stereocenters. The normalized spacial score (nSPS) is 11.8. The van der Waals surface area contributed by atoms with Gasteiger partial charge in [0.15, 0.2) is 0 Å². The molecular formula is C16H22O3. The summed E-state index contributed by atoms with van der Waals surface area (Å²) in [6, 6.07) is 4.08. The van der Waals surface area contributed by atoms with E-state index >= 15 is 0 Å². The highest BCUT2D eigenvalue weighted by atomic mass is 16.5. The van der Waals surface area contributed by atoms with Gasteiger partial charge in [0.25, 0.3) is 0 Å². The van der Waals surface area contributed by atoms with Crippen molar-refractivity contribution >= 4 is 12.0 Å². The maximum absolute atomic E-state index is 10.5. The van der Waals surface area contributed by atoms with Gasteiger partial charge in [-0.1, -0.05) is 32.9 Å². The van der Waals surface area contributed by atoms with Gasteiger partial charge in [-0.25, -0.2) is 0 Å². The lowest BCUT2D eigenvalue weighted by Gasteiger charge is -2.23. The molecule has 0 aliphatic heterocycles. The highest BCUT2D eigenvalue weighted by molar-refractivity contribution is 5.71. The fourth-order valence-electron chi connectivity index (χ4n) is 1.92. The molecule has 19 heavy (non-hydrogen) atoms. The molecule has 0 radical (unpaired) electrons. The summed E-state index contributed by atoms with van der Waals surface area (Å²) in [6.45, 7) is 8.39. The maximum atomic E-state index is 10.5. The van der Waals surface area contributed by atoms with Crippen molar-refractivity contribution in [3.8, 4) is 5.75 Å². The first kappa shape index (κ1) is 15.3. The van der Waals surface area contributed by atoms with Crippen LogP contribution in [-0.4, -0.2) is 18.2 Å². The van der Waals surface area contributed by atoms with E-state index in [0.717, 1.165) is 22.4 Å². The van der Waals surface area contributed by atoms with Gasteiger partial charge >= 0.3 is 5.97 Å². The Kier molecular flexibility index (Phi) is 4.76. The van der Waals surface area contributed by atoms with Gasteiger partial charge in [0.05, 0.1) is 13.5 Å². The number of carboxylic acid groups (broad SMARTS) is 1. The van der Waals surface area contributed by atoms with Crippen LogP contribution >= 0.6 is 0 Å². The first-order chi connectivity index (χ1) is 8.75. The number of hydrogen-bond acceptors (Lipinski definition) is 2. The second kappa shape index (κ2) is 5.91. The molecule has 3 nitrogen and oxygen atoms in total. The summed E-state index contributed by atoms with van der Waals surface area (Å²) in [5.74, 6) is 0.0545. The summed E-state index contributed by atoms with van der Waals surface area (Å²) >= 11 is 0. The van der Waals surface area contributed by atoms with Crippen molar-refractivity contribution in [2.45, 2.75) is 39.5 Å². The Balaban J connectivity index is 3.20. The zero-order valence-corrected chi connectivity index (χ0v) is 12.3. The molecule has 0 amide bonds. The highest BCUT2D eigenvalue weighted by Gasteiger charge is 2.19. The van der Waals surface area contributed by atoms with E-state index in [1.807, 2.05) is 19.1 Å². The largest absolute Gasteiger partial charge is 0.496 e. The second-order valence-corrected chi connectivity index (χ2v) is 5.66. The molecule has 0 saturated carbocycles. The molecule has 0 aliphatic carbocycles. The minimum atomic E-state index is -0.821. The number of carbonyl (C=O) groups is 1. The SMILES string of the molecule is COc1cc(C)c(/C=C/CC(=O)O)cc1C(C)(C)C. The lowest BCUT2D eigenvalue weighted by molar-refractivity contribution is -0.135.